The first kappa shape index (κ1) is 19.6. The second-order valence-corrected chi connectivity index (χ2v) is 7.61. The molecule has 2 aromatic rings. The van der Waals surface area contributed by atoms with Crippen molar-refractivity contribution in [2.24, 2.45) is 0 Å². The Morgan fingerprint density at radius 3 is 2.50 bits per heavy atom. The van der Waals surface area contributed by atoms with Crippen molar-refractivity contribution < 1.29 is 23.9 Å². The zero-order valence-corrected chi connectivity index (χ0v) is 16.8. The zero-order chi connectivity index (χ0) is 21.6. The lowest BCUT2D eigenvalue weighted by Crippen LogP contribution is -2.41. The summed E-state index contributed by atoms with van der Waals surface area (Å²) < 4.78 is 5.13. The Balaban J connectivity index is 1.55. The number of ether oxygens (including phenoxy) is 1. The third kappa shape index (κ3) is 3.01. The highest BCUT2D eigenvalue weighted by Crippen LogP contribution is 2.33. The molecule has 154 valence electrons. The van der Waals surface area contributed by atoms with Crippen molar-refractivity contribution in [1.82, 2.24) is 10.2 Å². The lowest BCUT2D eigenvalue weighted by Gasteiger charge is -2.22. The van der Waals surface area contributed by atoms with Gasteiger partial charge in [-0.25, -0.2) is 4.79 Å². The van der Waals surface area contributed by atoms with E-state index in [0.717, 1.165) is 10.5 Å². The summed E-state index contributed by atoms with van der Waals surface area (Å²) in [7, 11) is 1.54. The number of anilines is 1. The van der Waals surface area contributed by atoms with Crippen molar-refractivity contribution >= 4 is 29.3 Å². The summed E-state index contributed by atoms with van der Waals surface area (Å²) in [5.41, 5.74) is 1.06. The van der Waals surface area contributed by atoms with E-state index in [-0.39, 0.29) is 24.2 Å². The number of benzene rings is 2. The number of fused-ring (bicyclic) bond motifs is 1. The second kappa shape index (κ2) is 6.98. The number of hydrogen-bond donors (Lipinski definition) is 2. The number of nitrogens with zero attached hydrogens (tertiary/aromatic N) is 1. The number of hydrogen-bond acceptors (Lipinski definition) is 5. The van der Waals surface area contributed by atoms with Gasteiger partial charge in [0.15, 0.2) is 5.78 Å². The molecule has 0 spiro atoms. The van der Waals surface area contributed by atoms with Gasteiger partial charge < -0.3 is 15.4 Å². The summed E-state index contributed by atoms with van der Waals surface area (Å²) in [5.74, 6) is -0.740. The van der Waals surface area contributed by atoms with Crippen molar-refractivity contribution in [1.29, 1.82) is 0 Å². The van der Waals surface area contributed by atoms with Crippen molar-refractivity contribution in [2.45, 2.75) is 25.3 Å². The fourth-order valence-electron chi connectivity index (χ4n) is 3.79. The molecule has 2 aromatic carbocycles. The van der Waals surface area contributed by atoms with Gasteiger partial charge in [0.1, 0.15) is 11.3 Å². The average Bonchev–Trinajstić information content (AvgIpc) is 3.15. The minimum absolute atomic E-state index is 0.126. The van der Waals surface area contributed by atoms with Crippen LogP contribution in [0.1, 0.15) is 41.3 Å². The van der Waals surface area contributed by atoms with Crippen LogP contribution in [-0.2, 0) is 15.1 Å². The molecule has 2 heterocycles. The molecule has 0 aromatic heterocycles. The monoisotopic (exact) mass is 407 g/mol. The molecule has 8 heteroatoms. The van der Waals surface area contributed by atoms with Gasteiger partial charge >= 0.3 is 6.03 Å². The van der Waals surface area contributed by atoms with Crippen LogP contribution in [0.25, 0.3) is 0 Å². The Morgan fingerprint density at radius 2 is 1.83 bits per heavy atom. The lowest BCUT2D eigenvalue weighted by atomic mass is 9.92. The van der Waals surface area contributed by atoms with E-state index < -0.39 is 17.5 Å². The van der Waals surface area contributed by atoms with E-state index in [1.165, 1.54) is 7.11 Å². The number of Topliss-reactive ketones (excluding diaryl/α,β-unsaturated/α-hetero) is 1. The Labute approximate surface area is 173 Å². The first-order chi connectivity index (χ1) is 14.2. The van der Waals surface area contributed by atoms with Gasteiger partial charge in [-0.2, -0.15) is 0 Å². The van der Waals surface area contributed by atoms with Crippen molar-refractivity contribution in [3.05, 3.63) is 59.2 Å². The van der Waals surface area contributed by atoms with Gasteiger partial charge in [0.2, 0.25) is 5.91 Å². The molecule has 0 unspecified atom stereocenters. The van der Waals surface area contributed by atoms with Gasteiger partial charge in [0, 0.05) is 11.3 Å². The van der Waals surface area contributed by atoms with Crippen LogP contribution in [0.2, 0.25) is 0 Å². The van der Waals surface area contributed by atoms with Crippen LogP contribution >= 0.6 is 0 Å². The summed E-state index contributed by atoms with van der Waals surface area (Å²) in [6.07, 6.45) is 0. The molecule has 0 aliphatic carbocycles. The zero-order valence-electron chi connectivity index (χ0n) is 16.8. The normalized spacial score (nSPS) is 22.6. The highest BCUT2D eigenvalue weighted by atomic mass is 16.5. The minimum Gasteiger partial charge on any atom is -0.497 e. The third-order valence-corrected chi connectivity index (χ3v) is 5.74. The molecule has 0 bridgehead atoms. The van der Waals surface area contributed by atoms with Gasteiger partial charge in [-0.15, -0.1) is 0 Å². The maximum absolute atomic E-state index is 13.0. The fraction of sp³-hybridized carbons (Fsp3) is 0.273. The molecule has 2 aliphatic rings. The molecule has 1 saturated heterocycles. The Hall–Kier alpha value is -3.68. The van der Waals surface area contributed by atoms with E-state index in [1.54, 1.807) is 56.3 Å². The maximum Gasteiger partial charge on any atom is 0.325 e. The number of ketones is 1. The quantitative estimate of drug-likeness (QED) is 0.585. The summed E-state index contributed by atoms with van der Waals surface area (Å²) in [6.45, 7) is 2.98. The number of carbonyl (C=O) groups is 4. The van der Waals surface area contributed by atoms with Gasteiger partial charge in [-0.05, 0) is 55.3 Å². The van der Waals surface area contributed by atoms with Crippen molar-refractivity contribution in [3.8, 4) is 5.75 Å². The van der Waals surface area contributed by atoms with E-state index in [2.05, 4.69) is 10.6 Å². The van der Waals surface area contributed by atoms with Crippen LogP contribution in [0.5, 0.6) is 5.75 Å². The first-order valence-corrected chi connectivity index (χ1v) is 9.51. The molecule has 30 heavy (non-hydrogen) atoms. The summed E-state index contributed by atoms with van der Waals surface area (Å²) in [5, 5.41) is 5.43. The number of carbonyl (C=O) groups excluding carboxylic acids is 4. The van der Waals surface area contributed by atoms with E-state index in [0.29, 0.717) is 22.6 Å². The van der Waals surface area contributed by atoms with Crippen LogP contribution in [-0.4, -0.2) is 42.2 Å². The predicted octanol–water partition coefficient (Wildman–Crippen LogP) is 2.40. The number of amides is 4. The van der Waals surface area contributed by atoms with Crippen LogP contribution in [0.15, 0.2) is 42.5 Å². The summed E-state index contributed by atoms with van der Waals surface area (Å²) >= 11 is 0. The number of rotatable bonds is 5. The Bertz CT molecular complexity index is 1080. The number of urea groups is 1. The number of nitrogens with one attached hydrogen (secondary N) is 2. The molecule has 8 nitrogen and oxygen atoms in total. The maximum atomic E-state index is 13.0. The third-order valence-electron chi connectivity index (χ3n) is 5.74. The molecule has 1 fully saturated rings. The molecule has 0 radical (unpaired) electrons. The largest absolute Gasteiger partial charge is 0.497 e. The van der Waals surface area contributed by atoms with Gasteiger partial charge in [0.25, 0.3) is 5.91 Å². The van der Waals surface area contributed by atoms with E-state index in [9.17, 15) is 19.2 Å². The highest BCUT2D eigenvalue weighted by molar-refractivity contribution is 6.11. The van der Waals surface area contributed by atoms with Crippen molar-refractivity contribution in [3.63, 3.8) is 0 Å². The number of methoxy groups -OCH3 is 1. The standard InChI is InChI=1S/C22H21N3O5/c1-12-16-10-13(4-9-17(16)23-19(12)27)18(26)11-25-20(28)22(2,24-21(25)29)14-5-7-15(30-3)8-6-14/h4-10,12H,11H2,1-3H3,(H,23,27)(H,24,29)/t12-,22+/m1/s1. The molecular formula is C22H21N3O5. The van der Waals surface area contributed by atoms with Crippen LogP contribution < -0.4 is 15.4 Å². The van der Waals surface area contributed by atoms with Gasteiger partial charge in [-0.1, -0.05) is 12.1 Å². The average molecular weight is 407 g/mol. The first-order valence-electron chi connectivity index (χ1n) is 9.51. The predicted molar refractivity (Wildman–Crippen MR) is 108 cm³/mol. The molecule has 2 atom stereocenters. The Kier molecular flexibility index (Phi) is 4.57. The molecule has 2 N–H and O–H groups in total. The second-order valence-electron chi connectivity index (χ2n) is 7.61. The van der Waals surface area contributed by atoms with E-state index >= 15 is 0 Å². The van der Waals surface area contributed by atoms with Crippen LogP contribution in [0.4, 0.5) is 10.5 Å². The smallest absolute Gasteiger partial charge is 0.325 e. The Morgan fingerprint density at radius 1 is 1.13 bits per heavy atom. The number of imide groups is 1. The van der Waals surface area contributed by atoms with E-state index in [4.69, 9.17) is 4.74 Å². The van der Waals surface area contributed by atoms with E-state index in [1.807, 2.05) is 0 Å². The molecule has 4 amide bonds. The molecule has 4 rings (SSSR count). The summed E-state index contributed by atoms with van der Waals surface area (Å²) in [4.78, 5) is 51.1. The lowest BCUT2D eigenvalue weighted by molar-refractivity contribution is -0.130. The van der Waals surface area contributed by atoms with Crippen LogP contribution in [0, 0.1) is 0 Å². The topological polar surface area (TPSA) is 105 Å². The highest BCUT2D eigenvalue weighted by Gasteiger charge is 2.49. The van der Waals surface area contributed by atoms with Crippen molar-refractivity contribution in [2.75, 3.05) is 19.0 Å². The summed E-state index contributed by atoms with van der Waals surface area (Å²) in [6, 6.07) is 11.1. The van der Waals surface area contributed by atoms with Gasteiger partial charge in [0.05, 0.1) is 19.6 Å². The fourth-order valence-corrected chi connectivity index (χ4v) is 3.79. The SMILES string of the molecule is COc1ccc([C@]2(C)NC(=O)N(CC(=O)c3ccc4c(c3)[C@@H](C)C(=O)N4)C2=O)cc1. The minimum atomic E-state index is -1.27. The van der Waals surface area contributed by atoms with Crippen LogP contribution in [0.3, 0.4) is 0 Å². The van der Waals surface area contributed by atoms with Gasteiger partial charge in [-0.3, -0.25) is 19.3 Å². The molecule has 0 saturated carbocycles. The molecular weight excluding hydrogens is 386 g/mol. The molecule has 2 aliphatic heterocycles.